The molecule has 0 N–H and O–H groups in total. The van der Waals surface area contributed by atoms with Crippen LogP contribution in [0.25, 0.3) is 0 Å². The van der Waals surface area contributed by atoms with Crippen LogP contribution in [0.15, 0.2) is 0 Å². The standard InChI is InChI=1S/C11H18O2/c1-10(2)7-5-6-11(10,3)8(7)9(12)13-4/h7-8H,5-6H2,1-4H3/t7-,8-,11+/m0/s1. The molecule has 3 fully saturated rings. The number of fused-ring (bicyclic) bond motifs is 1. The topological polar surface area (TPSA) is 26.3 Å². The van der Waals surface area contributed by atoms with Crippen molar-refractivity contribution in [1.29, 1.82) is 0 Å². The average Bonchev–Trinajstić information content (AvgIpc) is 2.54. The van der Waals surface area contributed by atoms with Crippen molar-refractivity contribution in [1.82, 2.24) is 0 Å². The lowest BCUT2D eigenvalue weighted by Gasteiger charge is -2.58. The molecule has 3 saturated carbocycles. The second kappa shape index (κ2) is 2.28. The normalized spacial score (nSPS) is 45.5. The molecule has 3 rings (SSSR count). The van der Waals surface area contributed by atoms with E-state index in [-0.39, 0.29) is 17.3 Å². The predicted molar refractivity (Wildman–Crippen MR) is 50.1 cm³/mol. The molecule has 74 valence electrons. The molecule has 3 aliphatic carbocycles. The summed E-state index contributed by atoms with van der Waals surface area (Å²) in [6.07, 6.45) is 2.38. The molecule has 3 atom stereocenters. The lowest BCUT2D eigenvalue weighted by molar-refractivity contribution is -0.180. The first-order valence-electron chi connectivity index (χ1n) is 5.03. The summed E-state index contributed by atoms with van der Waals surface area (Å²) < 4.78 is 4.85. The first kappa shape index (κ1) is 9.04. The van der Waals surface area contributed by atoms with E-state index in [9.17, 15) is 4.79 Å². The first-order chi connectivity index (χ1) is 5.95. The summed E-state index contributed by atoms with van der Waals surface area (Å²) in [4.78, 5) is 11.5. The van der Waals surface area contributed by atoms with E-state index in [0.29, 0.717) is 11.3 Å². The Hall–Kier alpha value is -0.530. The second-order valence-corrected chi connectivity index (χ2v) is 5.29. The molecular formula is C11H18O2. The minimum absolute atomic E-state index is 0.00400. The maximum atomic E-state index is 11.5. The molecule has 0 aromatic heterocycles. The maximum Gasteiger partial charge on any atom is 0.309 e. The van der Waals surface area contributed by atoms with Gasteiger partial charge in [0.15, 0.2) is 0 Å². The molecule has 0 aromatic carbocycles. The van der Waals surface area contributed by atoms with Crippen molar-refractivity contribution in [3.05, 3.63) is 0 Å². The van der Waals surface area contributed by atoms with E-state index in [1.807, 2.05) is 0 Å². The number of carbonyl (C=O) groups excluding carboxylic acids is 1. The van der Waals surface area contributed by atoms with E-state index >= 15 is 0 Å². The molecule has 0 spiro atoms. The van der Waals surface area contributed by atoms with Crippen LogP contribution in [0.3, 0.4) is 0 Å². The number of rotatable bonds is 1. The average molecular weight is 182 g/mol. The molecule has 3 aliphatic rings. The van der Waals surface area contributed by atoms with Crippen LogP contribution in [0.1, 0.15) is 33.6 Å². The highest BCUT2D eigenvalue weighted by molar-refractivity contribution is 5.76. The van der Waals surface area contributed by atoms with Crippen LogP contribution in [-0.4, -0.2) is 13.1 Å². The van der Waals surface area contributed by atoms with E-state index in [0.717, 1.165) is 0 Å². The SMILES string of the molecule is COC(=O)[C@@H]1[C@@H]2CC[C@@]1(C)C2(C)C. The van der Waals surface area contributed by atoms with Gasteiger partial charge in [-0.3, -0.25) is 4.79 Å². The Labute approximate surface area is 79.7 Å². The van der Waals surface area contributed by atoms with Crippen LogP contribution < -0.4 is 0 Å². The summed E-state index contributed by atoms with van der Waals surface area (Å²) in [5.41, 5.74) is 0.538. The molecule has 0 amide bonds. The molecule has 0 aliphatic heterocycles. The maximum absolute atomic E-state index is 11.5. The van der Waals surface area contributed by atoms with Gasteiger partial charge in [0.1, 0.15) is 0 Å². The van der Waals surface area contributed by atoms with Crippen molar-refractivity contribution in [2.24, 2.45) is 22.7 Å². The molecule has 2 heteroatoms. The molecule has 0 heterocycles. The smallest absolute Gasteiger partial charge is 0.309 e. The van der Waals surface area contributed by atoms with Gasteiger partial charge in [0, 0.05) is 0 Å². The van der Waals surface area contributed by atoms with E-state index in [4.69, 9.17) is 4.74 Å². The van der Waals surface area contributed by atoms with Gasteiger partial charge in [-0.25, -0.2) is 0 Å². The Bertz CT molecular complexity index is 257. The second-order valence-electron chi connectivity index (χ2n) is 5.29. The van der Waals surface area contributed by atoms with E-state index < -0.39 is 0 Å². The minimum atomic E-state index is 0.00400. The first-order valence-corrected chi connectivity index (χ1v) is 5.03. The summed E-state index contributed by atoms with van der Waals surface area (Å²) in [5.74, 6) is 0.738. The number of methoxy groups -OCH3 is 1. The summed E-state index contributed by atoms with van der Waals surface area (Å²) in [6.45, 7) is 6.80. The Balaban J connectivity index is 2.26. The summed E-state index contributed by atoms with van der Waals surface area (Å²) in [7, 11) is 1.50. The van der Waals surface area contributed by atoms with Gasteiger partial charge in [-0.1, -0.05) is 20.8 Å². The fourth-order valence-corrected chi connectivity index (χ4v) is 3.60. The van der Waals surface area contributed by atoms with Crippen molar-refractivity contribution < 1.29 is 9.53 Å². The Morgan fingerprint density at radius 3 is 2.31 bits per heavy atom. The van der Waals surface area contributed by atoms with Gasteiger partial charge in [-0.15, -0.1) is 0 Å². The summed E-state index contributed by atoms with van der Waals surface area (Å²) >= 11 is 0. The van der Waals surface area contributed by atoms with E-state index in [1.165, 1.54) is 20.0 Å². The van der Waals surface area contributed by atoms with E-state index in [2.05, 4.69) is 20.8 Å². The highest BCUT2D eigenvalue weighted by Crippen LogP contribution is 2.73. The number of hydrogen-bond donors (Lipinski definition) is 0. The van der Waals surface area contributed by atoms with Crippen LogP contribution in [0, 0.1) is 22.7 Å². The molecule has 0 saturated heterocycles. The number of carbonyl (C=O) groups is 1. The zero-order chi connectivity index (χ0) is 9.85. The predicted octanol–water partition coefficient (Wildman–Crippen LogP) is 2.23. The van der Waals surface area contributed by atoms with E-state index in [1.54, 1.807) is 0 Å². The third kappa shape index (κ3) is 0.773. The Morgan fingerprint density at radius 1 is 1.38 bits per heavy atom. The molecule has 0 aromatic rings. The van der Waals surface area contributed by atoms with Crippen molar-refractivity contribution in [2.75, 3.05) is 7.11 Å². The number of esters is 1. The molecule has 2 nitrogen and oxygen atoms in total. The minimum Gasteiger partial charge on any atom is -0.469 e. The zero-order valence-electron chi connectivity index (χ0n) is 8.89. The van der Waals surface area contributed by atoms with Gasteiger partial charge in [0.05, 0.1) is 13.0 Å². The highest BCUT2D eigenvalue weighted by Gasteiger charge is 2.71. The molecule has 0 unspecified atom stereocenters. The van der Waals surface area contributed by atoms with Gasteiger partial charge in [-0.05, 0) is 29.6 Å². The zero-order valence-corrected chi connectivity index (χ0v) is 8.89. The van der Waals surface area contributed by atoms with Crippen LogP contribution in [-0.2, 0) is 9.53 Å². The van der Waals surface area contributed by atoms with Crippen LogP contribution >= 0.6 is 0 Å². The van der Waals surface area contributed by atoms with Crippen LogP contribution in [0.4, 0.5) is 0 Å². The van der Waals surface area contributed by atoms with Crippen LogP contribution in [0.2, 0.25) is 0 Å². The van der Waals surface area contributed by atoms with Gasteiger partial charge in [-0.2, -0.15) is 0 Å². The lowest BCUT2D eigenvalue weighted by Crippen LogP contribution is -2.58. The van der Waals surface area contributed by atoms with Crippen molar-refractivity contribution in [3.8, 4) is 0 Å². The fraction of sp³-hybridized carbons (Fsp3) is 0.909. The van der Waals surface area contributed by atoms with Gasteiger partial charge < -0.3 is 4.74 Å². The third-order valence-electron chi connectivity index (χ3n) is 4.92. The fourth-order valence-electron chi connectivity index (χ4n) is 3.60. The van der Waals surface area contributed by atoms with Crippen molar-refractivity contribution in [2.45, 2.75) is 33.6 Å². The number of hydrogen-bond acceptors (Lipinski definition) is 2. The largest absolute Gasteiger partial charge is 0.469 e. The quantitative estimate of drug-likeness (QED) is 0.581. The Kier molecular flexibility index (Phi) is 1.59. The monoisotopic (exact) mass is 182 g/mol. The van der Waals surface area contributed by atoms with Crippen molar-refractivity contribution in [3.63, 3.8) is 0 Å². The molecule has 2 bridgehead atoms. The molecular weight excluding hydrogens is 164 g/mol. The highest BCUT2D eigenvalue weighted by atomic mass is 16.5. The molecule has 13 heavy (non-hydrogen) atoms. The van der Waals surface area contributed by atoms with Gasteiger partial charge in [0.25, 0.3) is 0 Å². The van der Waals surface area contributed by atoms with Crippen molar-refractivity contribution >= 4 is 5.97 Å². The summed E-state index contributed by atoms with van der Waals surface area (Å²) in [6, 6.07) is 0. The van der Waals surface area contributed by atoms with Gasteiger partial charge in [0.2, 0.25) is 0 Å². The summed E-state index contributed by atoms with van der Waals surface area (Å²) in [5, 5.41) is 0. The Morgan fingerprint density at radius 2 is 2.00 bits per heavy atom. The number of ether oxygens (including phenoxy) is 1. The van der Waals surface area contributed by atoms with Gasteiger partial charge >= 0.3 is 5.97 Å². The molecule has 0 radical (unpaired) electrons. The van der Waals surface area contributed by atoms with Crippen LogP contribution in [0.5, 0.6) is 0 Å². The third-order valence-corrected chi connectivity index (χ3v) is 4.92. The lowest BCUT2D eigenvalue weighted by atomic mass is 9.45.